The van der Waals surface area contributed by atoms with Crippen molar-refractivity contribution < 1.29 is 19.0 Å². The molecule has 0 saturated carbocycles. The summed E-state index contributed by atoms with van der Waals surface area (Å²) in [4.78, 5) is 16.7. The molecule has 0 aliphatic rings. The van der Waals surface area contributed by atoms with Crippen LogP contribution in [0, 0.1) is 13.8 Å². The highest BCUT2D eigenvalue weighted by Crippen LogP contribution is 2.29. The molecule has 2 aromatic heterocycles. The number of anilines is 1. The second kappa shape index (κ2) is 7.53. The number of fused-ring (bicyclic) bond motifs is 1. The summed E-state index contributed by atoms with van der Waals surface area (Å²) in [6.45, 7) is 3.72. The molecule has 0 spiro atoms. The SMILES string of the molecule is COc1ccc(OC)c(NC(=O)COc2cc(C)c3c(C)nn(C)c3n2)c1. The summed E-state index contributed by atoms with van der Waals surface area (Å²) in [7, 11) is 4.92. The van der Waals surface area contributed by atoms with Crippen LogP contribution >= 0.6 is 0 Å². The molecule has 2 heterocycles. The van der Waals surface area contributed by atoms with Crippen molar-refractivity contribution >= 4 is 22.6 Å². The van der Waals surface area contributed by atoms with E-state index in [-0.39, 0.29) is 12.5 Å². The van der Waals surface area contributed by atoms with E-state index < -0.39 is 0 Å². The Kier molecular flexibility index (Phi) is 5.16. The molecule has 3 rings (SSSR count). The Hall–Kier alpha value is -3.29. The molecule has 0 fully saturated rings. The molecule has 0 aliphatic heterocycles. The summed E-state index contributed by atoms with van der Waals surface area (Å²) in [6.07, 6.45) is 0. The van der Waals surface area contributed by atoms with Crippen molar-refractivity contribution in [3.63, 3.8) is 0 Å². The Morgan fingerprint density at radius 1 is 1.19 bits per heavy atom. The minimum Gasteiger partial charge on any atom is -0.497 e. The predicted molar refractivity (Wildman–Crippen MR) is 102 cm³/mol. The molecule has 0 saturated heterocycles. The van der Waals surface area contributed by atoms with E-state index in [0.717, 1.165) is 22.3 Å². The number of nitrogens with zero attached hydrogens (tertiary/aromatic N) is 3. The first-order valence-electron chi connectivity index (χ1n) is 8.38. The maximum atomic E-state index is 12.3. The predicted octanol–water partition coefficient (Wildman–Crippen LogP) is 2.62. The fourth-order valence-electron chi connectivity index (χ4n) is 2.94. The number of carbonyl (C=O) groups excluding carboxylic acids is 1. The number of rotatable bonds is 6. The van der Waals surface area contributed by atoms with E-state index in [1.807, 2.05) is 20.9 Å². The van der Waals surface area contributed by atoms with E-state index >= 15 is 0 Å². The molecule has 0 unspecified atom stereocenters. The minimum atomic E-state index is -0.331. The van der Waals surface area contributed by atoms with Gasteiger partial charge in [0, 0.05) is 24.6 Å². The van der Waals surface area contributed by atoms with Crippen molar-refractivity contribution in [3.05, 3.63) is 35.5 Å². The number of hydrogen-bond donors (Lipinski definition) is 1. The average molecular weight is 370 g/mol. The largest absolute Gasteiger partial charge is 0.497 e. The Morgan fingerprint density at radius 2 is 1.96 bits per heavy atom. The molecule has 1 aromatic carbocycles. The summed E-state index contributed by atoms with van der Waals surface area (Å²) in [5.41, 5.74) is 3.13. The molecule has 0 atom stereocenters. The van der Waals surface area contributed by atoms with Crippen LogP contribution in [0.4, 0.5) is 5.69 Å². The Labute approximate surface area is 157 Å². The molecule has 27 heavy (non-hydrogen) atoms. The molecule has 8 heteroatoms. The lowest BCUT2D eigenvalue weighted by Gasteiger charge is -2.12. The number of carbonyl (C=O) groups is 1. The number of ether oxygens (including phenoxy) is 3. The number of benzene rings is 1. The summed E-state index contributed by atoms with van der Waals surface area (Å²) in [5.74, 6) is 1.18. The molecule has 0 aliphatic carbocycles. The molecular formula is C19H22N4O4. The first-order chi connectivity index (χ1) is 12.9. The van der Waals surface area contributed by atoms with Crippen molar-refractivity contribution in [3.8, 4) is 17.4 Å². The van der Waals surface area contributed by atoms with Gasteiger partial charge in [-0.25, -0.2) is 0 Å². The van der Waals surface area contributed by atoms with Gasteiger partial charge in [-0.15, -0.1) is 0 Å². The van der Waals surface area contributed by atoms with Crippen LogP contribution in [0.25, 0.3) is 11.0 Å². The zero-order valence-electron chi connectivity index (χ0n) is 16.0. The number of methoxy groups -OCH3 is 2. The van der Waals surface area contributed by atoms with Gasteiger partial charge in [0.1, 0.15) is 11.5 Å². The topological polar surface area (TPSA) is 87.5 Å². The van der Waals surface area contributed by atoms with E-state index in [1.54, 1.807) is 36.1 Å². The third-order valence-corrected chi connectivity index (χ3v) is 4.17. The van der Waals surface area contributed by atoms with Gasteiger partial charge in [0.2, 0.25) is 5.88 Å². The second-order valence-electron chi connectivity index (χ2n) is 6.09. The fourth-order valence-corrected chi connectivity index (χ4v) is 2.94. The maximum absolute atomic E-state index is 12.3. The highest BCUT2D eigenvalue weighted by atomic mass is 16.5. The zero-order valence-corrected chi connectivity index (χ0v) is 16.0. The molecule has 1 amide bonds. The van der Waals surface area contributed by atoms with Gasteiger partial charge in [-0.3, -0.25) is 9.48 Å². The van der Waals surface area contributed by atoms with Crippen LogP contribution in [-0.2, 0) is 11.8 Å². The third kappa shape index (κ3) is 3.79. The lowest BCUT2D eigenvalue weighted by molar-refractivity contribution is -0.118. The number of aryl methyl sites for hydroxylation is 3. The van der Waals surface area contributed by atoms with Crippen molar-refractivity contribution in [1.82, 2.24) is 14.8 Å². The molecule has 142 valence electrons. The minimum absolute atomic E-state index is 0.185. The van der Waals surface area contributed by atoms with Crippen molar-refractivity contribution in [2.45, 2.75) is 13.8 Å². The van der Waals surface area contributed by atoms with Gasteiger partial charge in [0.25, 0.3) is 5.91 Å². The standard InChI is InChI=1S/C19H22N4O4/c1-11-8-17(21-19-18(11)12(2)22-23(19)3)27-10-16(24)20-14-9-13(25-4)6-7-15(14)26-5/h6-9H,10H2,1-5H3,(H,20,24). The molecule has 0 radical (unpaired) electrons. The normalized spacial score (nSPS) is 10.7. The lowest BCUT2D eigenvalue weighted by Crippen LogP contribution is -2.21. The smallest absolute Gasteiger partial charge is 0.262 e. The Bertz CT molecular complexity index is 997. The van der Waals surface area contributed by atoms with Crippen LogP contribution in [0.15, 0.2) is 24.3 Å². The number of hydrogen-bond acceptors (Lipinski definition) is 6. The van der Waals surface area contributed by atoms with Crippen LogP contribution in [0.1, 0.15) is 11.3 Å². The molecule has 0 bridgehead atoms. The van der Waals surface area contributed by atoms with E-state index in [1.165, 1.54) is 7.11 Å². The van der Waals surface area contributed by atoms with Gasteiger partial charge in [0.15, 0.2) is 12.3 Å². The second-order valence-corrected chi connectivity index (χ2v) is 6.09. The van der Waals surface area contributed by atoms with Gasteiger partial charge in [-0.1, -0.05) is 0 Å². The van der Waals surface area contributed by atoms with Crippen LogP contribution in [0.2, 0.25) is 0 Å². The van der Waals surface area contributed by atoms with Crippen molar-refractivity contribution in [1.29, 1.82) is 0 Å². The summed E-state index contributed by atoms with van der Waals surface area (Å²) in [5, 5.41) is 8.13. The van der Waals surface area contributed by atoms with Gasteiger partial charge in [0.05, 0.1) is 25.6 Å². The van der Waals surface area contributed by atoms with E-state index in [2.05, 4.69) is 15.4 Å². The quantitative estimate of drug-likeness (QED) is 0.718. The van der Waals surface area contributed by atoms with Crippen molar-refractivity contribution in [2.24, 2.45) is 7.05 Å². The molecule has 8 nitrogen and oxygen atoms in total. The number of aromatic nitrogens is 3. The lowest BCUT2D eigenvalue weighted by atomic mass is 10.2. The fraction of sp³-hybridized carbons (Fsp3) is 0.316. The van der Waals surface area contributed by atoms with Crippen LogP contribution in [0.5, 0.6) is 17.4 Å². The van der Waals surface area contributed by atoms with E-state index in [9.17, 15) is 4.79 Å². The Balaban J connectivity index is 1.73. The van der Waals surface area contributed by atoms with E-state index in [0.29, 0.717) is 23.1 Å². The molecule has 1 N–H and O–H groups in total. The summed E-state index contributed by atoms with van der Waals surface area (Å²) in [6, 6.07) is 6.96. The number of amides is 1. The third-order valence-electron chi connectivity index (χ3n) is 4.17. The average Bonchev–Trinajstić information content (AvgIpc) is 2.94. The number of nitrogens with one attached hydrogen (secondary N) is 1. The first kappa shape index (κ1) is 18.5. The summed E-state index contributed by atoms with van der Waals surface area (Å²) >= 11 is 0. The molecule has 3 aromatic rings. The molecular weight excluding hydrogens is 348 g/mol. The summed E-state index contributed by atoms with van der Waals surface area (Å²) < 4.78 is 17.7. The number of pyridine rings is 1. The van der Waals surface area contributed by atoms with Crippen LogP contribution in [-0.4, -0.2) is 41.5 Å². The van der Waals surface area contributed by atoms with Crippen molar-refractivity contribution in [2.75, 3.05) is 26.1 Å². The van der Waals surface area contributed by atoms with Gasteiger partial charge >= 0.3 is 0 Å². The first-order valence-corrected chi connectivity index (χ1v) is 8.38. The van der Waals surface area contributed by atoms with E-state index in [4.69, 9.17) is 14.2 Å². The van der Waals surface area contributed by atoms with Gasteiger partial charge < -0.3 is 19.5 Å². The monoisotopic (exact) mass is 370 g/mol. The zero-order chi connectivity index (χ0) is 19.6. The highest BCUT2D eigenvalue weighted by Gasteiger charge is 2.14. The van der Waals surface area contributed by atoms with Crippen LogP contribution in [0.3, 0.4) is 0 Å². The van der Waals surface area contributed by atoms with Gasteiger partial charge in [-0.05, 0) is 31.5 Å². The van der Waals surface area contributed by atoms with Crippen LogP contribution < -0.4 is 19.5 Å². The van der Waals surface area contributed by atoms with Gasteiger partial charge in [-0.2, -0.15) is 10.1 Å². The maximum Gasteiger partial charge on any atom is 0.262 e. The Morgan fingerprint density at radius 3 is 2.67 bits per heavy atom. The highest BCUT2D eigenvalue weighted by molar-refractivity contribution is 5.93.